The average Bonchev–Trinajstić information content (AvgIpc) is 2.68. The van der Waals surface area contributed by atoms with Crippen LogP contribution in [0.25, 0.3) is 0 Å². The fraction of sp³-hybridized carbons (Fsp3) is 0.316. The van der Waals surface area contributed by atoms with E-state index in [2.05, 4.69) is 5.32 Å². The lowest BCUT2D eigenvalue weighted by atomic mass is 10.2. The van der Waals surface area contributed by atoms with E-state index in [4.69, 9.17) is 0 Å². The maximum Gasteiger partial charge on any atom is 0.243 e. The number of benzene rings is 2. The molecule has 144 valence electrons. The number of amides is 1. The highest BCUT2D eigenvalue weighted by Crippen LogP contribution is 2.18. The van der Waals surface area contributed by atoms with Gasteiger partial charge in [0.1, 0.15) is 5.82 Å². The van der Waals surface area contributed by atoms with Crippen LogP contribution in [0.4, 0.5) is 4.39 Å². The smallest absolute Gasteiger partial charge is 0.243 e. The first-order valence-corrected chi connectivity index (χ1v) is 10.2. The molecule has 1 N–H and O–H groups in total. The summed E-state index contributed by atoms with van der Waals surface area (Å²) in [5, 5.41) is 2.87. The van der Waals surface area contributed by atoms with Gasteiger partial charge < -0.3 is 5.32 Å². The number of halogens is 1. The number of carbonyl (C=O) groups is 1. The molecule has 0 aromatic heterocycles. The van der Waals surface area contributed by atoms with Crippen LogP contribution < -0.4 is 5.32 Å². The summed E-state index contributed by atoms with van der Waals surface area (Å²) in [5.41, 5.74) is 1.03. The average molecular weight is 391 g/mol. The highest BCUT2D eigenvalue weighted by Gasteiger charge is 2.29. The molecule has 1 amide bonds. The zero-order chi connectivity index (χ0) is 19.3. The quantitative estimate of drug-likeness (QED) is 0.809. The minimum Gasteiger partial charge on any atom is -0.351 e. The van der Waals surface area contributed by atoms with Gasteiger partial charge >= 0.3 is 0 Å². The number of nitrogens with zero attached hydrogens (tertiary/aromatic N) is 2. The Morgan fingerprint density at radius 3 is 2.22 bits per heavy atom. The molecule has 0 aliphatic carbocycles. The second-order valence-corrected chi connectivity index (χ2v) is 8.33. The fourth-order valence-corrected chi connectivity index (χ4v) is 4.36. The van der Waals surface area contributed by atoms with E-state index in [-0.39, 0.29) is 17.3 Å². The summed E-state index contributed by atoms with van der Waals surface area (Å²) >= 11 is 0. The van der Waals surface area contributed by atoms with Crippen molar-refractivity contribution in [3.05, 3.63) is 66.0 Å². The molecule has 1 aliphatic heterocycles. The van der Waals surface area contributed by atoms with Gasteiger partial charge in [-0.25, -0.2) is 12.8 Å². The van der Waals surface area contributed by atoms with Crippen molar-refractivity contribution in [3.63, 3.8) is 0 Å². The standard InChI is InChI=1S/C19H22FN3O3S/c20-17-6-8-18(9-7-17)27(25,26)23-12-10-22(11-13-23)15-19(24)21-14-16-4-2-1-3-5-16/h1-9H,10-15H2,(H,21,24). The maximum atomic E-state index is 13.0. The first-order chi connectivity index (χ1) is 12.9. The molecule has 0 atom stereocenters. The van der Waals surface area contributed by atoms with Crippen LogP contribution >= 0.6 is 0 Å². The Balaban J connectivity index is 1.48. The molecular weight excluding hydrogens is 369 g/mol. The zero-order valence-electron chi connectivity index (χ0n) is 14.8. The number of hydrogen-bond donors (Lipinski definition) is 1. The topological polar surface area (TPSA) is 69.7 Å². The van der Waals surface area contributed by atoms with E-state index in [0.717, 1.165) is 17.7 Å². The molecule has 0 unspecified atom stereocenters. The van der Waals surface area contributed by atoms with Gasteiger partial charge in [0, 0.05) is 32.7 Å². The Morgan fingerprint density at radius 2 is 1.59 bits per heavy atom. The molecule has 1 aliphatic rings. The summed E-state index contributed by atoms with van der Waals surface area (Å²) in [4.78, 5) is 14.1. The third kappa shape index (κ3) is 5.12. The van der Waals surface area contributed by atoms with Crippen molar-refractivity contribution in [2.75, 3.05) is 32.7 Å². The van der Waals surface area contributed by atoms with E-state index < -0.39 is 15.8 Å². The largest absolute Gasteiger partial charge is 0.351 e. The van der Waals surface area contributed by atoms with Gasteiger partial charge in [-0.1, -0.05) is 30.3 Å². The molecule has 8 heteroatoms. The third-order valence-electron chi connectivity index (χ3n) is 4.48. The number of rotatable bonds is 6. The van der Waals surface area contributed by atoms with E-state index >= 15 is 0 Å². The predicted molar refractivity (Wildman–Crippen MR) is 99.9 cm³/mol. The van der Waals surface area contributed by atoms with Crippen molar-refractivity contribution >= 4 is 15.9 Å². The zero-order valence-corrected chi connectivity index (χ0v) is 15.7. The van der Waals surface area contributed by atoms with Gasteiger partial charge in [-0.05, 0) is 29.8 Å². The van der Waals surface area contributed by atoms with E-state index in [9.17, 15) is 17.6 Å². The number of nitrogens with one attached hydrogen (secondary N) is 1. The van der Waals surface area contributed by atoms with Crippen LogP contribution in [-0.4, -0.2) is 56.3 Å². The van der Waals surface area contributed by atoms with Crippen LogP contribution in [0.3, 0.4) is 0 Å². The molecule has 3 rings (SSSR count). The summed E-state index contributed by atoms with van der Waals surface area (Å²) in [5.74, 6) is -0.561. The Hall–Kier alpha value is -2.29. The lowest BCUT2D eigenvalue weighted by Crippen LogP contribution is -2.50. The van der Waals surface area contributed by atoms with Crippen LogP contribution in [0.5, 0.6) is 0 Å². The van der Waals surface area contributed by atoms with E-state index in [1.165, 1.54) is 16.4 Å². The molecule has 6 nitrogen and oxygen atoms in total. The predicted octanol–water partition coefficient (Wildman–Crippen LogP) is 1.45. The van der Waals surface area contributed by atoms with Crippen LogP contribution in [0, 0.1) is 5.82 Å². The minimum atomic E-state index is -3.64. The first kappa shape index (κ1) is 19.5. The van der Waals surface area contributed by atoms with Crippen molar-refractivity contribution in [3.8, 4) is 0 Å². The summed E-state index contributed by atoms with van der Waals surface area (Å²) in [7, 11) is -3.64. The van der Waals surface area contributed by atoms with Gasteiger partial charge in [-0.2, -0.15) is 4.31 Å². The summed E-state index contributed by atoms with van der Waals surface area (Å²) in [6.07, 6.45) is 0. The number of hydrogen-bond acceptors (Lipinski definition) is 4. The lowest BCUT2D eigenvalue weighted by molar-refractivity contribution is -0.122. The Morgan fingerprint density at radius 1 is 0.963 bits per heavy atom. The molecular formula is C19H22FN3O3S. The van der Waals surface area contributed by atoms with Crippen molar-refractivity contribution in [2.45, 2.75) is 11.4 Å². The molecule has 1 fully saturated rings. The molecule has 1 saturated heterocycles. The van der Waals surface area contributed by atoms with Gasteiger partial charge in [0.25, 0.3) is 0 Å². The molecule has 0 saturated carbocycles. The SMILES string of the molecule is O=C(CN1CCN(S(=O)(=O)c2ccc(F)cc2)CC1)NCc1ccccc1. The van der Waals surface area contributed by atoms with Crippen LogP contribution in [-0.2, 0) is 21.4 Å². The van der Waals surface area contributed by atoms with Gasteiger partial charge in [0.2, 0.25) is 15.9 Å². The second kappa shape index (κ2) is 8.60. The van der Waals surface area contributed by atoms with Crippen LogP contribution in [0.1, 0.15) is 5.56 Å². The summed E-state index contributed by atoms with van der Waals surface area (Å²) < 4.78 is 39.6. The molecule has 2 aromatic carbocycles. The van der Waals surface area contributed by atoms with Gasteiger partial charge in [0.05, 0.1) is 11.4 Å². The molecule has 27 heavy (non-hydrogen) atoms. The van der Waals surface area contributed by atoms with Crippen molar-refractivity contribution in [1.29, 1.82) is 0 Å². The first-order valence-electron chi connectivity index (χ1n) is 8.74. The number of sulfonamides is 1. The molecule has 0 spiro atoms. The van der Waals surface area contributed by atoms with E-state index in [1.807, 2.05) is 35.2 Å². The molecule has 1 heterocycles. The van der Waals surface area contributed by atoms with E-state index in [1.54, 1.807) is 0 Å². The van der Waals surface area contributed by atoms with Gasteiger partial charge in [0.15, 0.2) is 0 Å². The van der Waals surface area contributed by atoms with Crippen molar-refractivity contribution in [1.82, 2.24) is 14.5 Å². The normalized spacial score (nSPS) is 16.2. The van der Waals surface area contributed by atoms with Crippen molar-refractivity contribution in [2.24, 2.45) is 0 Å². The van der Waals surface area contributed by atoms with Crippen molar-refractivity contribution < 1.29 is 17.6 Å². The van der Waals surface area contributed by atoms with Crippen LogP contribution in [0.2, 0.25) is 0 Å². The number of carbonyl (C=O) groups excluding carboxylic acids is 1. The Bertz CT molecular complexity index is 865. The van der Waals surface area contributed by atoms with Gasteiger partial charge in [-0.15, -0.1) is 0 Å². The Kier molecular flexibility index (Phi) is 6.20. The van der Waals surface area contributed by atoms with E-state index in [0.29, 0.717) is 32.7 Å². The summed E-state index contributed by atoms with van der Waals surface area (Å²) in [6, 6.07) is 14.5. The lowest BCUT2D eigenvalue weighted by Gasteiger charge is -2.33. The second-order valence-electron chi connectivity index (χ2n) is 6.40. The fourth-order valence-electron chi connectivity index (χ4n) is 2.94. The molecule has 2 aromatic rings. The third-order valence-corrected chi connectivity index (χ3v) is 6.40. The van der Waals surface area contributed by atoms with Gasteiger partial charge in [-0.3, -0.25) is 9.69 Å². The van der Waals surface area contributed by atoms with Crippen LogP contribution in [0.15, 0.2) is 59.5 Å². The molecule has 0 bridgehead atoms. The maximum absolute atomic E-state index is 13.0. The monoisotopic (exact) mass is 391 g/mol. The number of piperazine rings is 1. The highest BCUT2D eigenvalue weighted by molar-refractivity contribution is 7.89. The summed E-state index contributed by atoms with van der Waals surface area (Å²) in [6.45, 7) is 2.24. The highest BCUT2D eigenvalue weighted by atomic mass is 32.2. The molecule has 0 radical (unpaired) electrons. The minimum absolute atomic E-state index is 0.0814. The Labute approximate surface area is 158 Å².